The van der Waals surface area contributed by atoms with Crippen molar-refractivity contribution in [3.63, 3.8) is 0 Å². The smallest absolute Gasteiger partial charge is 0.236 e. The lowest BCUT2D eigenvalue weighted by Gasteiger charge is -2.25. The lowest BCUT2D eigenvalue weighted by atomic mass is 10.2. The van der Waals surface area contributed by atoms with Gasteiger partial charge in [-0.05, 0) is 31.2 Å². The standard InChI is InChI=1S/C19H25N5O/c1-22(15-17-7-3-2-4-8-17)16-19(25)24-12-6-11-23(13-14-24)18-9-5-10-20-21-18/h2-5,7-10H,6,11-16H2,1H3. The van der Waals surface area contributed by atoms with E-state index in [1.807, 2.05) is 42.3 Å². The van der Waals surface area contributed by atoms with Gasteiger partial charge in [0, 0.05) is 38.9 Å². The molecule has 1 aromatic carbocycles. The first-order valence-corrected chi connectivity index (χ1v) is 8.75. The fourth-order valence-electron chi connectivity index (χ4n) is 3.14. The Morgan fingerprint density at radius 1 is 1.08 bits per heavy atom. The van der Waals surface area contributed by atoms with Crippen molar-refractivity contribution in [1.29, 1.82) is 0 Å². The Bertz CT molecular complexity index is 664. The van der Waals surface area contributed by atoms with E-state index in [1.54, 1.807) is 6.20 Å². The van der Waals surface area contributed by atoms with E-state index in [-0.39, 0.29) is 5.91 Å². The van der Waals surface area contributed by atoms with Gasteiger partial charge in [-0.15, -0.1) is 5.10 Å². The molecule has 0 bridgehead atoms. The molecule has 1 saturated heterocycles. The molecule has 0 spiro atoms. The minimum Gasteiger partial charge on any atom is -0.353 e. The summed E-state index contributed by atoms with van der Waals surface area (Å²) in [5.41, 5.74) is 1.22. The van der Waals surface area contributed by atoms with Crippen molar-refractivity contribution in [2.75, 3.05) is 44.7 Å². The fraction of sp³-hybridized carbons (Fsp3) is 0.421. The predicted molar refractivity (Wildman–Crippen MR) is 98.2 cm³/mol. The third-order valence-corrected chi connectivity index (χ3v) is 4.43. The average molecular weight is 339 g/mol. The second kappa shape index (κ2) is 8.58. The number of hydrogen-bond acceptors (Lipinski definition) is 5. The molecule has 25 heavy (non-hydrogen) atoms. The molecule has 6 heteroatoms. The van der Waals surface area contributed by atoms with Crippen LogP contribution in [0, 0.1) is 0 Å². The van der Waals surface area contributed by atoms with Gasteiger partial charge in [0.25, 0.3) is 0 Å². The molecule has 0 radical (unpaired) electrons. The zero-order valence-corrected chi connectivity index (χ0v) is 14.7. The first kappa shape index (κ1) is 17.4. The molecule has 1 aliphatic heterocycles. The van der Waals surface area contributed by atoms with E-state index in [0.717, 1.165) is 45.0 Å². The van der Waals surface area contributed by atoms with Gasteiger partial charge in [-0.2, -0.15) is 5.10 Å². The topological polar surface area (TPSA) is 52.6 Å². The van der Waals surface area contributed by atoms with E-state index in [0.29, 0.717) is 6.54 Å². The lowest BCUT2D eigenvalue weighted by molar-refractivity contribution is -0.132. The first-order valence-electron chi connectivity index (χ1n) is 8.75. The molecule has 2 heterocycles. The van der Waals surface area contributed by atoms with Crippen LogP contribution >= 0.6 is 0 Å². The van der Waals surface area contributed by atoms with E-state index < -0.39 is 0 Å². The summed E-state index contributed by atoms with van der Waals surface area (Å²) >= 11 is 0. The van der Waals surface area contributed by atoms with E-state index in [1.165, 1.54) is 5.56 Å². The summed E-state index contributed by atoms with van der Waals surface area (Å²) in [6.45, 7) is 4.46. The summed E-state index contributed by atoms with van der Waals surface area (Å²) < 4.78 is 0. The zero-order valence-electron chi connectivity index (χ0n) is 14.7. The second-order valence-corrected chi connectivity index (χ2v) is 6.46. The first-order chi connectivity index (χ1) is 12.2. The van der Waals surface area contributed by atoms with Gasteiger partial charge in [0.15, 0.2) is 5.82 Å². The Kier molecular flexibility index (Phi) is 5.95. The molecule has 2 aromatic rings. The van der Waals surface area contributed by atoms with Crippen LogP contribution in [0.3, 0.4) is 0 Å². The molecule has 1 amide bonds. The van der Waals surface area contributed by atoms with E-state index in [4.69, 9.17) is 0 Å². The van der Waals surface area contributed by atoms with Gasteiger partial charge < -0.3 is 9.80 Å². The molecule has 1 aromatic heterocycles. The predicted octanol–water partition coefficient (Wildman–Crippen LogP) is 1.65. The second-order valence-electron chi connectivity index (χ2n) is 6.46. The van der Waals surface area contributed by atoms with Crippen molar-refractivity contribution in [3.05, 3.63) is 54.2 Å². The van der Waals surface area contributed by atoms with Gasteiger partial charge in [0.05, 0.1) is 6.54 Å². The highest BCUT2D eigenvalue weighted by Gasteiger charge is 2.20. The van der Waals surface area contributed by atoms with Crippen molar-refractivity contribution < 1.29 is 4.79 Å². The number of carbonyl (C=O) groups is 1. The van der Waals surface area contributed by atoms with E-state index in [2.05, 4.69) is 32.1 Å². The van der Waals surface area contributed by atoms with E-state index >= 15 is 0 Å². The monoisotopic (exact) mass is 339 g/mol. The van der Waals surface area contributed by atoms with Crippen LogP contribution in [0.25, 0.3) is 0 Å². The molecule has 1 fully saturated rings. The Morgan fingerprint density at radius 3 is 2.68 bits per heavy atom. The number of amides is 1. The summed E-state index contributed by atoms with van der Waals surface area (Å²) in [7, 11) is 1.99. The number of carbonyl (C=O) groups excluding carboxylic acids is 1. The third-order valence-electron chi connectivity index (χ3n) is 4.43. The maximum Gasteiger partial charge on any atom is 0.236 e. The van der Waals surface area contributed by atoms with Crippen molar-refractivity contribution >= 4 is 11.7 Å². The van der Waals surface area contributed by atoms with Crippen LogP contribution in [0.2, 0.25) is 0 Å². The molecule has 6 nitrogen and oxygen atoms in total. The van der Waals surface area contributed by atoms with Gasteiger partial charge in [0.1, 0.15) is 0 Å². The molecule has 0 atom stereocenters. The summed E-state index contributed by atoms with van der Waals surface area (Å²) in [5.74, 6) is 1.08. The SMILES string of the molecule is CN(CC(=O)N1CCCN(c2cccnn2)CC1)Cc1ccccc1. The van der Waals surface area contributed by atoms with Crippen LogP contribution < -0.4 is 4.90 Å². The summed E-state index contributed by atoms with van der Waals surface area (Å²) in [6.07, 6.45) is 2.63. The van der Waals surface area contributed by atoms with Gasteiger partial charge in [-0.25, -0.2) is 0 Å². The number of anilines is 1. The Hall–Kier alpha value is -2.47. The van der Waals surface area contributed by atoms with Gasteiger partial charge in [0.2, 0.25) is 5.91 Å². The van der Waals surface area contributed by atoms with Crippen molar-refractivity contribution in [2.24, 2.45) is 0 Å². The highest BCUT2D eigenvalue weighted by molar-refractivity contribution is 5.78. The normalized spacial score (nSPS) is 15.3. The highest BCUT2D eigenvalue weighted by atomic mass is 16.2. The molecule has 0 unspecified atom stereocenters. The third kappa shape index (κ3) is 5.00. The van der Waals surface area contributed by atoms with Crippen LogP contribution in [-0.2, 0) is 11.3 Å². The number of hydrogen-bond donors (Lipinski definition) is 0. The zero-order chi connectivity index (χ0) is 17.5. The molecule has 3 rings (SSSR count). The van der Waals surface area contributed by atoms with E-state index in [9.17, 15) is 4.79 Å². The molecule has 0 aliphatic carbocycles. The summed E-state index contributed by atoms with van der Waals surface area (Å²) in [6, 6.07) is 14.1. The fourth-order valence-corrected chi connectivity index (χ4v) is 3.14. The summed E-state index contributed by atoms with van der Waals surface area (Å²) in [5, 5.41) is 8.12. The van der Waals surface area contributed by atoms with Crippen LogP contribution in [0.5, 0.6) is 0 Å². The van der Waals surface area contributed by atoms with Crippen molar-refractivity contribution in [2.45, 2.75) is 13.0 Å². The van der Waals surface area contributed by atoms with Crippen LogP contribution in [-0.4, -0.2) is 65.7 Å². The van der Waals surface area contributed by atoms with Crippen molar-refractivity contribution in [3.8, 4) is 0 Å². The quantitative estimate of drug-likeness (QED) is 0.829. The van der Waals surface area contributed by atoms with Gasteiger partial charge >= 0.3 is 0 Å². The minimum atomic E-state index is 0.194. The highest BCUT2D eigenvalue weighted by Crippen LogP contribution is 2.12. The number of likely N-dealkylation sites (N-methyl/N-ethyl adjacent to an activating group) is 1. The van der Waals surface area contributed by atoms with Crippen LogP contribution in [0.15, 0.2) is 48.7 Å². The number of nitrogens with zero attached hydrogens (tertiary/aromatic N) is 5. The number of rotatable bonds is 5. The van der Waals surface area contributed by atoms with Gasteiger partial charge in [-0.3, -0.25) is 9.69 Å². The molecule has 1 aliphatic rings. The van der Waals surface area contributed by atoms with Crippen LogP contribution in [0.1, 0.15) is 12.0 Å². The Morgan fingerprint density at radius 2 is 1.92 bits per heavy atom. The van der Waals surface area contributed by atoms with Crippen LogP contribution in [0.4, 0.5) is 5.82 Å². The molecule has 0 saturated carbocycles. The molecule has 0 N–H and O–H groups in total. The van der Waals surface area contributed by atoms with Gasteiger partial charge in [-0.1, -0.05) is 30.3 Å². The molecular weight excluding hydrogens is 314 g/mol. The molecular formula is C19H25N5O. The largest absolute Gasteiger partial charge is 0.353 e. The average Bonchev–Trinajstić information content (AvgIpc) is 2.89. The maximum atomic E-state index is 12.6. The lowest BCUT2D eigenvalue weighted by Crippen LogP contribution is -2.41. The maximum absolute atomic E-state index is 12.6. The molecule has 132 valence electrons. The number of benzene rings is 1. The minimum absolute atomic E-state index is 0.194. The van der Waals surface area contributed by atoms with Crippen molar-refractivity contribution in [1.82, 2.24) is 20.0 Å². The Labute approximate surface area is 149 Å². The number of aromatic nitrogens is 2. The summed E-state index contributed by atoms with van der Waals surface area (Å²) in [4.78, 5) is 18.9. The Balaban J connectivity index is 1.51.